The van der Waals surface area contributed by atoms with Gasteiger partial charge >= 0.3 is 0 Å². The second kappa shape index (κ2) is 7.65. The first-order valence-electron chi connectivity index (χ1n) is 7.33. The molecule has 0 saturated carbocycles. The molecule has 1 amide bonds. The van der Waals surface area contributed by atoms with E-state index in [0.29, 0.717) is 11.1 Å². The maximum atomic E-state index is 12.9. The predicted octanol–water partition coefficient (Wildman–Crippen LogP) is 2.51. The number of nitro groups is 1. The Bertz CT molecular complexity index is 716. The van der Waals surface area contributed by atoms with Gasteiger partial charge in [0, 0.05) is 12.1 Å². The maximum absolute atomic E-state index is 12.9. The van der Waals surface area contributed by atoms with Crippen molar-refractivity contribution in [1.29, 1.82) is 0 Å². The van der Waals surface area contributed by atoms with Gasteiger partial charge in [-0.3, -0.25) is 14.9 Å². The van der Waals surface area contributed by atoms with Crippen LogP contribution in [0.25, 0.3) is 0 Å². The molecule has 0 fully saturated rings. The third-order valence-corrected chi connectivity index (χ3v) is 3.59. The molecule has 0 saturated heterocycles. The molecule has 7 heteroatoms. The second-order valence-electron chi connectivity index (χ2n) is 5.45. The average molecular weight is 332 g/mol. The zero-order valence-corrected chi connectivity index (χ0v) is 13.0. The zero-order valence-electron chi connectivity index (χ0n) is 13.0. The summed E-state index contributed by atoms with van der Waals surface area (Å²) in [6.45, 7) is 1.64. The maximum Gasteiger partial charge on any atom is 0.269 e. The summed E-state index contributed by atoms with van der Waals surface area (Å²) in [6, 6.07) is 10.5. The average Bonchev–Trinajstić information content (AvgIpc) is 2.55. The van der Waals surface area contributed by atoms with E-state index in [4.69, 9.17) is 0 Å². The van der Waals surface area contributed by atoms with Crippen molar-refractivity contribution >= 4 is 11.6 Å². The third-order valence-electron chi connectivity index (χ3n) is 3.59. The monoisotopic (exact) mass is 332 g/mol. The predicted molar refractivity (Wildman–Crippen MR) is 85.8 cm³/mol. The number of nitrogens with one attached hydrogen (secondary N) is 1. The smallest absolute Gasteiger partial charge is 0.269 e. The fourth-order valence-electron chi connectivity index (χ4n) is 2.25. The van der Waals surface area contributed by atoms with Crippen molar-refractivity contribution in [2.24, 2.45) is 0 Å². The highest BCUT2D eigenvalue weighted by Gasteiger charge is 2.18. The molecule has 0 aromatic heterocycles. The Labute approximate surface area is 138 Å². The van der Waals surface area contributed by atoms with Crippen LogP contribution in [0.15, 0.2) is 48.5 Å². The number of nitro benzene ring substituents is 1. The molecule has 2 aromatic carbocycles. The number of aliphatic hydroxyl groups excluding tert-OH is 1. The molecule has 0 radical (unpaired) electrons. The molecule has 0 aliphatic heterocycles. The molecule has 126 valence electrons. The van der Waals surface area contributed by atoms with Gasteiger partial charge in [-0.1, -0.05) is 24.3 Å². The van der Waals surface area contributed by atoms with Crippen LogP contribution in [0.3, 0.4) is 0 Å². The highest BCUT2D eigenvalue weighted by molar-refractivity contribution is 5.79. The van der Waals surface area contributed by atoms with Crippen LogP contribution in [-0.4, -0.2) is 22.0 Å². The highest BCUT2D eigenvalue weighted by Crippen LogP contribution is 2.17. The SMILES string of the molecule is CC(NC(=O)Cc1ccc([N+](=O)[O-])cc1)C(O)c1ccc(F)cc1. The second-order valence-corrected chi connectivity index (χ2v) is 5.45. The Morgan fingerprint density at radius 2 is 1.79 bits per heavy atom. The van der Waals surface area contributed by atoms with E-state index in [2.05, 4.69) is 5.32 Å². The summed E-state index contributed by atoms with van der Waals surface area (Å²) in [6.07, 6.45) is -0.926. The van der Waals surface area contributed by atoms with Gasteiger partial charge in [0.1, 0.15) is 5.82 Å². The lowest BCUT2D eigenvalue weighted by Crippen LogP contribution is -2.37. The fourth-order valence-corrected chi connectivity index (χ4v) is 2.25. The lowest BCUT2D eigenvalue weighted by atomic mass is 10.0. The lowest BCUT2D eigenvalue weighted by molar-refractivity contribution is -0.384. The Balaban J connectivity index is 1.93. The first-order chi connectivity index (χ1) is 11.4. The molecular formula is C17H17FN2O4. The van der Waals surface area contributed by atoms with E-state index in [-0.39, 0.29) is 18.0 Å². The van der Waals surface area contributed by atoms with Gasteiger partial charge in [0.15, 0.2) is 0 Å². The molecule has 2 rings (SSSR count). The van der Waals surface area contributed by atoms with Gasteiger partial charge in [0.05, 0.1) is 23.5 Å². The minimum Gasteiger partial charge on any atom is -0.386 e. The molecule has 0 spiro atoms. The number of amides is 1. The molecule has 0 heterocycles. The summed E-state index contributed by atoms with van der Waals surface area (Å²) in [5.41, 5.74) is 1.08. The normalized spacial score (nSPS) is 13.1. The van der Waals surface area contributed by atoms with E-state index >= 15 is 0 Å². The molecule has 2 aromatic rings. The van der Waals surface area contributed by atoms with Gasteiger partial charge < -0.3 is 10.4 Å². The number of nitrogens with zero attached hydrogens (tertiary/aromatic N) is 1. The van der Waals surface area contributed by atoms with Gasteiger partial charge in [-0.05, 0) is 30.2 Å². The first-order valence-corrected chi connectivity index (χ1v) is 7.33. The number of halogens is 1. The largest absolute Gasteiger partial charge is 0.386 e. The summed E-state index contributed by atoms with van der Waals surface area (Å²) < 4.78 is 12.9. The first kappa shape index (κ1) is 17.6. The zero-order chi connectivity index (χ0) is 17.7. The Morgan fingerprint density at radius 3 is 2.33 bits per heavy atom. The van der Waals surface area contributed by atoms with Crippen LogP contribution < -0.4 is 5.32 Å². The van der Waals surface area contributed by atoms with Gasteiger partial charge in [0.25, 0.3) is 5.69 Å². The number of benzene rings is 2. The van der Waals surface area contributed by atoms with Gasteiger partial charge in [0.2, 0.25) is 5.91 Å². The molecule has 24 heavy (non-hydrogen) atoms. The molecule has 0 bridgehead atoms. The van der Waals surface area contributed by atoms with Gasteiger partial charge in [-0.2, -0.15) is 0 Å². The van der Waals surface area contributed by atoms with Crippen molar-refractivity contribution in [3.05, 3.63) is 75.6 Å². The number of hydrogen-bond donors (Lipinski definition) is 2. The van der Waals surface area contributed by atoms with E-state index in [1.807, 2.05) is 0 Å². The number of carbonyl (C=O) groups is 1. The topological polar surface area (TPSA) is 92.5 Å². The number of non-ortho nitro benzene ring substituents is 1. The van der Waals surface area contributed by atoms with Crippen molar-refractivity contribution in [1.82, 2.24) is 5.32 Å². The molecule has 6 nitrogen and oxygen atoms in total. The van der Waals surface area contributed by atoms with Crippen LogP contribution in [0.5, 0.6) is 0 Å². The molecule has 0 aliphatic rings. The van der Waals surface area contributed by atoms with Crippen LogP contribution in [0.1, 0.15) is 24.2 Å². The summed E-state index contributed by atoms with van der Waals surface area (Å²) in [4.78, 5) is 22.1. The van der Waals surface area contributed by atoms with Crippen molar-refractivity contribution in [3.63, 3.8) is 0 Å². The summed E-state index contributed by atoms with van der Waals surface area (Å²) in [5.74, 6) is -0.724. The quantitative estimate of drug-likeness (QED) is 0.628. The van der Waals surface area contributed by atoms with E-state index in [0.717, 1.165) is 0 Å². The fraction of sp³-hybridized carbons (Fsp3) is 0.235. The van der Waals surface area contributed by atoms with Crippen LogP contribution in [0.2, 0.25) is 0 Å². The summed E-state index contributed by atoms with van der Waals surface area (Å²) in [7, 11) is 0. The number of aliphatic hydroxyl groups is 1. The van der Waals surface area contributed by atoms with Crippen LogP contribution in [-0.2, 0) is 11.2 Å². The van der Waals surface area contributed by atoms with E-state index in [1.165, 1.54) is 48.5 Å². The lowest BCUT2D eigenvalue weighted by Gasteiger charge is -2.20. The highest BCUT2D eigenvalue weighted by atomic mass is 19.1. The van der Waals surface area contributed by atoms with Crippen molar-refractivity contribution in [2.75, 3.05) is 0 Å². The minimum absolute atomic E-state index is 0.0402. The van der Waals surface area contributed by atoms with E-state index in [1.54, 1.807) is 6.92 Å². The molecule has 2 atom stereocenters. The molecule has 2 N–H and O–H groups in total. The van der Waals surface area contributed by atoms with Gasteiger partial charge in [-0.25, -0.2) is 4.39 Å². The van der Waals surface area contributed by atoms with Crippen LogP contribution >= 0.6 is 0 Å². The van der Waals surface area contributed by atoms with Crippen LogP contribution in [0.4, 0.5) is 10.1 Å². The standard InChI is InChI=1S/C17H17FN2O4/c1-11(17(22)13-4-6-14(18)7-5-13)19-16(21)10-12-2-8-15(9-3-12)20(23)24/h2-9,11,17,22H,10H2,1H3,(H,19,21). The molecule has 0 aliphatic carbocycles. The Hall–Kier alpha value is -2.80. The van der Waals surface area contributed by atoms with Crippen molar-refractivity contribution < 1.29 is 19.2 Å². The van der Waals surface area contributed by atoms with E-state index < -0.39 is 22.9 Å². The molecular weight excluding hydrogens is 315 g/mol. The van der Waals surface area contributed by atoms with E-state index in [9.17, 15) is 24.4 Å². The number of rotatable bonds is 6. The summed E-state index contributed by atoms with van der Waals surface area (Å²) >= 11 is 0. The molecule has 2 unspecified atom stereocenters. The summed E-state index contributed by atoms with van der Waals surface area (Å²) in [5, 5.41) is 23.4. The van der Waals surface area contributed by atoms with Crippen molar-refractivity contribution in [2.45, 2.75) is 25.5 Å². The number of carbonyl (C=O) groups excluding carboxylic acids is 1. The Morgan fingerprint density at radius 1 is 1.21 bits per heavy atom. The van der Waals surface area contributed by atoms with Gasteiger partial charge in [-0.15, -0.1) is 0 Å². The van der Waals surface area contributed by atoms with Crippen molar-refractivity contribution in [3.8, 4) is 0 Å². The Kier molecular flexibility index (Phi) is 5.59. The third kappa shape index (κ3) is 4.60. The minimum atomic E-state index is -0.966. The number of hydrogen-bond acceptors (Lipinski definition) is 4. The van der Waals surface area contributed by atoms with Crippen LogP contribution in [0, 0.1) is 15.9 Å².